The van der Waals surface area contributed by atoms with Gasteiger partial charge in [0.15, 0.2) is 5.78 Å². The first-order chi connectivity index (χ1) is 8.81. The molecule has 0 bridgehead atoms. The minimum Gasteiger partial charge on any atom is -0.512 e. The van der Waals surface area contributed by atoms with Crippen molar-refractivity contribution in [2.75, 3.05) is 0 Å². The Morgan fingerprint density at radius 1 is 1.42 bits per heavy atom. The molecule has 0 aromatic carbocycles. The van der Waals surface area contributed by atoms with Crippen LogP contribution in [0.3, 0.4) is 0 Å². The van der Waals surface area contributed by atoms with Crippen molar-refractivity contribution in [3.05, 3.63) is 23.5 Å². The van der Waals surface area contributed by atoms with Gasteiger partial charge in [-0.3, -0.25) is 19.3 Å². The van der Waals surface area contributed by atoms with E-state index in [0.29, 0.717) is 6.42 Å². The van der Waals surface area contributed by atoms with Gasteiger partial charge in [0.25, 0.3) is 11.8 Å². The number of hydrogen-bond acceptors (Lipinski definition) is 4. The molecule has 5 heteroatoms. The number of amides is 2. The number of aliphatic hydroxyl groups excluding tert-OH is 1. The van der Waals surface area contributed by atoms with Gasteiger partial charge in [-0.25, -0.2) is 0 Å². The molecule has 1 fully saturated rings. The van der Waals surface area contributed by atoms with Crippen LogP contribution in [0.5, 0.6) is 0 Å². The summed E-state index contributed by atoms with van der Waals surface area (Å²) in [5.41, 5.74) is -0.275. The maximum Gasteiger partial charge on any atom is 0.268 e. The van der Waals surface area contributed by atoms with Gasteiger partial charge in [0.05, 0.1) is 0 Å². The Morgan fingerprint density at radius 3 is 2.42 bits per heavy atom. The van der Waals surface area contributed by atoms with Gasteiger partial charge in [0.2, 0.25) is 0 Å². The number of allylic oxidation sites excluding steroid dienone is 2. The lowest BCUT2D eigenvalue weighted by molar-refractivity contribution is -0.141. The molecule has 0 unspecified atom stereocenters. The lowest BCUT2D eigenvalue weighted by Crippen LogP contribution is -2.40. The summed E-state index contributed by atoms with van der Waals surface area (Å²) < 4.78 is 0. The van der Waals surface area contributed by atoms with Crippen LogP contribution in [0.25, 0.3) is 0 Å². The van der Waals surface area contributed by atoms with E-state index in [2.05, 4.69) is 0 Å². The van der Waals surface area contributed by atoms with Crippen LogP contribution in [0.4, 0.5) is 0 Å². The number of ketones is 1. The maximum atomic E-state index is 12.2. The van der Waals surface area contributed by atoms with Crippen molar-refractivity contribution < 1.29 is 19.5 Å². The van der Waals surface area contributed by atoms with Crippen LogP contribution in [-0.2, 0) is 14.4 Å². The molecule has 0 aromatic heterocycles. The van der Waals surface area contributed by atoms with Crippen molar-refractivity contribution in [1.29, 1.82) is 0 Å². The Balaban J connectivity index is 3.24. The van der Waals surface area contributed by atoms with Crippen LogP contribution < -0.4 is 0 Å². The molecule has 19 heavy (non-hydrogen) atoms. The van der Waals surface area contributed by atoms with E-state index in [-0.39, 0.29) is 17.3 Å². The van der Waals surface area contributed by atoms with Crippen LogP contribution in [-0.4, -0.2) is 33.6 Å². The molecule has 5 nitrogen and oxygen atoms in total. The minimum absolute atomic E-state index is 0.154. The number of imide groups is 1. The molecule has 1 atom stereocenters. The molecule has 1 rings (SSSR count). The summed E-state index contributed by atoms with van der Waals surface area (Å²) in [6.07, 6.45) is 3.15. The van der Waals surface area contributed by atoms with E-state index >= 15 is 0 Å². The first-order valence-electron chi connectivity index (χ1n) is 6.25. The smallest absolute Gasteiger partial charge is 0.268 e. The largest absolute Gasteiger partial charge is 0.512 e. The number of aliphatic hydroxyl groups is 1. The van der Waals surface area contributed by atoms with Crippen molar-refractivity contribution in [3.63, 3.8) is 0 Å². The van der Waals surface area contributed by atoms with Crippen molar-refractivity contribution in [2.45, 2.75) is 40.2 Å². The highest BCUT2D eigenvalue weighted by Crippen LogP contribution is 2.27. The molecule has 0 aromatic rings. The minimum atomic E-state index is -0.812. The van der Waals surface area contributed by atoms with E-state index in [1.54, 1.807) is 6.92 Å². The molecular weight excluding hydrogens is 246 g/mol. The summed E-state index contributed by atoms with van der Waals surface area (Å²) in [4.78, 5) is 37.1. The molecule has 0 aliphatic carbocycles. The summed E-state index contributed by atoms with van der Waals surface area (Å²) >= 11 is 0. The third kappa shape index (κ3) is 2.92. The second-order valence-corrected chi connectivity index (χ2v) is 4.98. The predicted octanol–water partition coefficient (Wildman–Crippen LogP) is 1.75. The van der Waals surface area contributed by atoms with Gasteiger partial charge in [-0.15, -0.1) is 0 Å². The summed E-state index contributed by atoms with van der Waals surface area (Å²) in [6, 6.07) is -0.812. The zero-order valence-electron chi connectivity index (χ0n) is 11.6. The average Bonchev–Trinajstić information content (AvgIpc) is 2.50. The van der Waals surface area contributed by atoms with Crippen molar-refractivity contribution in [2.24, 2.45) is 5.92 Å². The highest BCUT2D eigenvalue weighted by atomic mass is 16.3. The molecule has 0 spiro atoms. The predicted molar refractivity (Wildman–Crippen MR) is 70.2 cm³/mol. The van der Waals surface area contributed by atoms with Gasteiger partial charge >= 0.3 is 0 Å². The number of rotatable bonds is 3. The number of Topliss-reactive ketones (excluding diaryl/α,β-unsaturated/α-hetero) is 1. The second-order valence-electron chi connectivity index (χ2n) is 4.98. The number of nitrogens with zero attached hydrogens (tertiary/aromatic N) is 1. The van der Waals surface area contributed by atoms with E-state index in [1.807, 2.05) is 13.8 Å². The van der Waals surface area contributed by atoms with Crippen LogP contribution in [0.2, 0.25) is 0 Å². The second kappa shape index (κ2) is 5.82. The molecule has 0 saturated carbocycles. The van der Waals surface area contributed by atoms with Gasteiger partial charge in [-0.05, 0) is 32.3 Å². The van der Waals surface area contributed by atoms with E-state index in [4.69, 9.17) is 0 Å². The van der Waals surface area contributed by atoms with E-state index in [9.17, 15) is 19.5 Å². The van der Waals surface area contributed by atoms with E-state index in [0.717, 1.165) is 4.90 Å². The fourth-order valence-electron chi connectivity index (χ4n) is 2.12. The Morgan fingerprint density at radius 2 is 2.00 bits per heavy atom. The number of hydrogen-bond donors (Lipinski definition) is 1. The molecular formula is C14H19NO4. The first kappa shape index (κ1) is 15.1. The van der Waals surface area contributed by atoms with E-state index < -0.39 is 23.6 Å². The molecule has 104 valence electrons. The normalized spacial score (nSPS) is 22.8. The zero-order chi connectivity index (χ0) is 14.7. The SMILES string of the molecule is C/C=C/C(=O)N1C(=O)/C(=C(/C)O)C(=O)[C@@H]1CC(C)C. The topological polar surface area (TPSA) is 74.7 Å². The van der Waals surface area contributed by atoms with Crippen LogP contribution in [0.1, 0.15) is 34.1 Å². The molecule has 1 heterocycles. The lowest BCUT2D eigenvalue weighted by atomic mass is 9.99. The molecule has 1 aliphatic rings. The molecule has 1 saturated heterocycles. The average molecular weight is 265 g/mol. The third-order valence-electron chi connectivity index (χ3n) is 2.90. The molecule has 1 N–H and O–H groups in total. The van der Waals surface area contributed by atoms with Gasteiger partial charge in [-0.1, -0.05) is 19.9 Å². The number of likely N-dealkylation sites (tertiary alicyclic amines) is 1. The Labute approximate surface area is 112 Å². The Kier molecular flexibility index (Phi) is 4.64. The van der Waals surface area contributed by atoms with Crippen molar-refractivity contribution in [3.8, 4) is 0 Å². The van der Waals surface area contributed by atoms with E-state index in [1.165, 1.54) is 19.1 Å². The fraction of sp³-hybridized carbons (Fsp3) is 0.500. The Bertz CT molecular complexity index is 470. The van der Waals surface area contributed by atoms with Gasteiger partial charge in [0.1, 0.15) is 17.4 Å². The Hall–Kier alpha value is -1.91. The summed E-state index contributed by atoms with van der Waals surface area (Å²) in [6.45, 7) is 6.75. The number of carbonyl (C=O) groups excluding carboxylic acids is 3. The summed E-state index contributed by atoms with van der Waals surface area (Å²) in [5, 5.41) is 9.46. The monoisotopic (exact) mass is 265 g/mol. The molecule has 2 amide bonds. The quantitative estimate of drug-likeness (QED) is 0.479. The standard InChI is InChI=1S/C14H19NO4/c1-5-6-11(17)15-10(7-8(2)3)13(18)12(9(4)16)14(15)19/h5-6,8,10,16H,7H2,1-4H3/b6-5+,12-9-/t10-/m0/s1. The van der Waals surface area contributed by atoms with Crippen LogP contribution in [0.15, 0.2) is 23.5 Å². The third-order valence-corrected chi connectivity index (χ3v) is 2.90. The lowest BCUT2D eigenvalue weighted by Gasteiger charge is -2.21. The molecule has 0 radical (unpaired) electrons. The molecule has 1 aliphatic heterocycles. The summed E-state index contributed by atoms with van der Waals surface area (Å²) in [7, 11) is 0. The highest BCUT2D eigenvalue weighted by Gasteiger charge is 2.47. The van der Waals surface area contributed by atoms with Crippen LogP contribution >= 0.6 is 0 Å². The van der Waals surface area contributed by atoms with Crippen molar-refractivity contribution >= 4 is 17.6 Å². The zero-order valence-corrected chi connectivity index (χ0v) is 11.6. The van der Waals surface area contributed by atoms with Crippen molar-refractivity contribution in [1.82, 2.24) is 4.90 Å². The van der Waals surface area contributed by atoms with Gasteiger partial charge in [-0.2, -0.15) is 0 Å². The van der Waals surface area contributed by atoms with Gasteiger partial charge < -0.3 is 5.11 Å². The summed E-state index contributed by atoms with van der Waals surface area (Å²) in [5.74, 6) is -1.89. The highest BCUT2D eigenvalue weighted by molar-refractivity contribution is 6.31. The first-order valence-corrected chi connectivity index (χ1v) is 6.25. The maximum absolute atomic E-state index is 12.2. The number of carbonyl (C=O) groups is 3. The fourth-order valence-corrected chi connectivity index (χ4v) is 2.12. The van der Waals surface area contributed by atoms with Crippen LogP contribution in [0, 0.1) is 5.92 Å². The van der Waals surface area contributed by atoms with Gasteiger partial charge in [0, 0.05) is 0 Å².